The summed E-state index contributed by atoms with van der Waals surface area (Å²) in [5.74, 6) is 0. The molecule has 2 aliphatic heterocycles. The van der Waals surface area contributed by atoms with E-state index in [0.29, 0.717) is 6.10 Å². The minimum atomic E-state index is 0.474. The van der Waals surface area contributed by atoms with Crippen LogP contribution in [0.3, 0.4) is 0 Å². The van der Waals surface area contributed by atoms with E-state index in [-0.39, 0.29) is 0 Å². The van der Waals surface area contributed by atoms with Crippen LogP contribution in [0, 0.1) is 0 Å². The fraction of sp³-hybridized carbons (Fsp3) is 1.00. The third-order valence-corrected chi connectivity index (χ3v) is 4.08. The topological polar surface area (TPSA) is 24.5 Å². The van der Waals surface area contributed by atoms with Gasteiger partial charge in [0.1, 0.15) is 0 Å². The second-order valence-corrected chi connectivity index (χ2v) is 5.49. The highest BCUT2D eigenvalue weighted by Gasteiger charge is 2.18. The van der Waals surface area contributed by atoms with E-state index >= 15 is 0 Å². The van der Waals surface area contributed by atoms with Gasteiger partial charge in [0.25, 0.3) is 0 Å². The maximum Gasteiger partial charge on any atom is 0.0699 e. The van der Waals surface area contributed by atoms with E-state index in [9.17, 15) is 0 Å². The average Bonchev–Trinajstić information content (AvgIpc) is 2.74. The van der Waals surface area contributed by atoms with Crippen LogP contribution in [0.5, 0.6) is 0 Å². The Morgan fingerprint density at radius 1 is 1.35 bits per heavy atom. The zero-order valence-corrected chi connectivity index (χ0v) is 11.3. The summed E-state index contributed by atoms with van der Waals surface area (Å²) in [7, 11) is 0. The lowest BCUT2D eigenvalue weighted by Crippen LogP contribution is -2.33. The summed E-state index contributed by atoms with van der Waals surface area (Å²) in [6.07, 6.45) is 8.30. The van der Waals surface area contributed by atoms with E-state index in [2.05, 4.69) is 17.1 Å². The number of rotatable bonds is 5. The molecule has 2 aliphatic rings. The molecule has 0 aromatic heterocycles. The molecule has 0 aromatic carbocycles. The SMILES string of the molecule is CCC1CN(CCCC2CCCN2)CCCO1. The minimum absolute atomic E-state index is 0.474. The van der Waals surface area contributed by atoms with Crippen LogP contribution in [0.4, 0.5) is 0 Å². The fourth-order valence-electron chi connectivity index (χ4n) is 2.98. The van der Waals surface area contributed by atoms with Crippen LogP contribution in [-0.2, 0) is 4.74 Å². The van der Waals surface area contributed by atoms with E-state index in [1.54, 1.807) is 0 Å². The van der Waals surface area contributed by atoms with Crippen molar-refractivity contribution in [2.75, 3.05) is 32.8 Å². The molecule has 2 fully saturated rings. The molecule has 0 aromatic rings. The Kier molecular flexibility index (Phi) is 5.75. The molecular formula is C14H28N2O. The normalized spacial score (nSPS) is 31.6. The van der Waals surface area contributed by atoms with Gasteiger partial charge in [0.05, 0.1) is 6.10 Å². The van der Waals surface area contributed by atoms with Crippen molar-refractivity contribution >= 4 is 0 Å². The quantitative estimate of drug-likeness (QED) is 0.795. The van der Waals surface area contributed by atoms with Crippen LogP contribution in [-0.4, -0.2) is 49.8 Å². The summed E-state index contributed by atoms with van der Waals surface area (Å²) in [6.45, 7) is 8.07. The zero-order chi connectivity index (χ0) is 11.9. The molecule has 2 atom stereocenters. The van der Waals surface area contributed by atoms with E-state index in [1.807, 2.05) is 0 Å². The van der Waals surface area contributed by atoms with Gasteiger partial charge < -0.3 is 15.0 Å². The van der Waals surface area contributed by atoms with Crippen LogP contribution < -0.4 is 5.32 Å². The Bertz CT molecular complexity index is 204. The van der Waals surface area contributed by atoms with Gasteiger partial charge in [0, 0.05) is 25.7 Å². The third kappa shape index (κ3) is 4.57. The van der Waals surface area contributed by atoms with Crippen LogP contribution in [0.25, 0.3) is 0 Å². The number of ether oxygens (including phenoxy) is 1. The zero-order valence-electron chi connectivity index (χ0n) is 11.3. The predicted molar refractivity (Wildman–Crippen MR) is 71.3 cm³/mol. The second kappa shape index (κ2) is 7.34. The highest BCUT2D eigenvalue weighted by Crippen LogP contribution is 2.13. The molecule has 2 rings (SSSR count). The Balaban J connectivity index is 1.62. The molecule has 0 amide bonds. The van der Waals surface area contributed by atoms with Gasteiger partial charge in [-0.3, -0.25) is 0 Å². The van der Waals surface area contributed by atoms with Crippen molar-refractivity contribution in [2.24, 2.45) is 0 Å². The highest BCUT2D eigenvalue weighted by molar-refractivity contribution is 4.75. The molecule has 1 N–H and O–H groups in total. The van der Waals surface area contributed by atoms with E-state index in [4.69, 9.17) is 4.74 Å². The molecule has 3 nitrogen and oxygen atoms in total. The smallest absolute Gasteiger partial charge is 0.0699 e. The molecular weight excluding hydrogens is 212 g/mol. The van der Waals surface area contributed by atoms with Gasteiger partial charge in [-0.1, -0.05) is 6.92 Å². The summed E-state index contributed by atoms with van der Waals surface area (Å²) in [5, 5.41) is 3.58. The molecule has 0 saturated carbocycles. The van der Waals surface area contributed by atoms with Gasteiger partial charge in [-0.15, -0.1) is 0 Å². The largest absolute Gasteiger partial charge is 0.377 e. The lowest BCUT2D eigenvalue weighted by molar-refractivity contribution is 0.0517. The maximum atomic E-state index is 5.81. The van der Waals surface area contributed by atoms with E-state index in [1.165, 1.54) is 51.7 Å². The van der Waals surface area contributed by atoms with E-state index in [0.717, 1.165) is 25.6 Å². The Labute approximate surface area is 106 Å². The Hall–Kier alpha value is -0.120. The molecule has 3 heteroatoms. The standard InChI is InChI=1S/C14H28N2O/c1-2-14-12-16(10-5-11-17-14)9-4-7-13-6-3-8-15-13/h13-15H,2-12H2,1H3. The molecule has 100 valence electrons. The van der Waals surface area contributed by atoms with Crippen molar-refractivity contribution < 1.29 is 4.74 Å². The molecule has 17 heavy (non-hydrogen) atoms. The van der Waals surface area contributed by atoms with Crippen molar-refractivity contribution in [3.05, 3.63) is 0 Å². The first-order valence-electron chi connectivity index (χ1n) is 7.46. The summed E-state index contributed by atoms with van der Waals surface area (Å²) in [4.78, 5) is 2.61. The maximum absolute atomic E-state index is 5.81. The molecule has 0 bridgehead atoms. The summed E-state index contributed by atoms with van der Waals surface area (Å²) in [6, 6.07) is 0.806. The summed E-state index contributed by atoms with van der Waals surface area (Å²) >= 11 is 0. The minimum Gasteiger partial charge on any atom is -0.377 e. The van der Waals surface area contributed by atoms with Gasteiger partial charge in [0.2, 0.25) is 0 Å². The Morgan fingerprint density at radius 3 is 3.06 bits per heavy atom. The van der Waals surface area contributed by atoms with Gasteiger partial charge in [0.15, 0.2) is 0 Å². The van der Waals surface area contributed by atoms with Gasteiger partial charge in [-0.25, -0.2) is 0 Å². The number of hydrogen-bond donors (Lipinski definition) is 1. The van der Waals surface area contributed by atoms with E-state index < -0.39 is 0 Å². The molecule has 2 heterocycles. The second-order valence-electron chi connectivity index (χ2n) is 5.49. The van der Waals surface area contributed by atoms with Crippen LogP contribution >= 0.6 is 0 Å². The van der Waals surface area contributed by atoms with Crippen molar-refractivity contribution in [3.63, 3.8) is 0 Å². The lowest BCUT2D eigenvalue weighted by atomic mass is 10.1. The van der Waals surface area contributed by atoms with Crippen LogP contribution in [0.2, 0.25) is 0 Å². The summed E-state index contributed by atoms with van der Waals surface area (Å²) < 4.78 is 5.81. The molecule has 0 aliphatic carbocycles. The van der Waals surface area contributed by atoms with Crippen molar-refractivity contribution in [2.45, 2.75) is 57.6 Å². The number of nitrogens with zero attached hydrogens (tertiary/aromatic N) is 1. The van der Waals surface area contributed by atoms with Crippen molar-refractivity contribution in [1.82, 2.24) is 10.2 Å². The van der Waals surface area contributed by atoms with Crippen molar-refractivity contribution in [3.8, 4) is 0 Å². The molecule has 0 radical (unpaired) electrons. The van der Waals surface area contributed by atoms with Gasteiger partial charge in [-0.2, -0.15) is 0 Å². The summed E-state index contributed by atoms with van der Waals surface area (Å²) in [5.41, 5.74) is 0. The molecule has 0 spiro atoms. The Morgan fingerprint density at radius 2 is 2.29 bits per heavy atom. The third-order valence-electron chi connectivity index (χ3n) is 4.08. The number of hydrogen-bond acceptors (Lipinski definition) is 3. The predicted octanol–water partition coefficient (Wildman–Crippen LogP) is 2.02. The first kappa shape index (κ1) is 13.3. The monoisotopic (exact) mass is 240 g/mol. The fourth-order valence-corrected chi connectivity index (χ4v) is 2.98. The van der Waals surface area contributed by atoms with Gasteiger partial charge in [-0.05, 0) is 51.6 Å². The lowest BCUT2D eigenvalue weighted by Gasteiger charge is -2.23. The average molecular weight is 240 g/mol. The van der Waals surface area contributed by atoms with Gasteiger partial charge >= 0.3 is 0 Å². The first-order chi connectivity index (χ1) is 8.38. The molecule has 2 unspecified atom stereocenters. The van der Waals surface area contributed by atoms with Crippen molar-refractivity contribution in [1.29, 1.82) is 0 Å². The van der Waals surface area contributed by atoms with Crippen LogP contribution in [0.1, 0.15) is 45.4 Å². The number of nitrogens with one attached hydrogen (secondary N) is 1. The highest BCUT2D eigenvalue weighted by atomic mass is 16.5. The van der Waals surface area contributed by atoms with Crippen LogP contribution in [0.15, 0.2) is 0 Å². The first-order valence-corrected chi connectivity index (χ1v) is 7.46. The molecule has 2 saturated heterocycles.